The van der Waals surface area contributed by atoms with Gasteiger partial charge in [0.2, 0.25) is 5.91 Å². The fourth-order valence-electron chi connectivity index (χ4n) is 4.12. The fraction of sp³-hybridized carbons (Fsp3) is 0.500. The molecule has 8 heteroatoms. The number of esters is 1. The van der Waals surface area contributed by atoms with Gasteiger partial charge >= 0.3 is 5.97 Å². The number of carbonyl (C=O) groups excluding carboxylic acids is 4. The number of Topliss-reactive ketones (excluding diaryl/α,β-unsaturated/α-hetero) is 1. The molecule has 0 aliphatic carbocycles. The highest BCUT2D eigenvalue weighted by Crippen LogP contribution is 2.39. The predicted molar refractivity (Wildman–Crippen MR) is 111 cm³/mol. The molecule has 1 aromatic carbocycles. The van der Waals surface area contributed by atoms with E-state index in [1.54, 1.807) is 32.9 Å². The second kappa shape index (κ2) is 8.01. The summed E-state index contributed by atoms with van der Waals surface area (Å²) in [6.07, 6.45) is 0.947. The Morgan fingerprint density at radius 3 is 2.27 bits per heavy atom. The molecule has 2 unspecified atom stereocenters. The van der Waals surface area contributed by atoms with Crippen molar-refractivity contribution in [2.45, 2.75) is 59.0 Å². The molecule has 2 amide bonds. The molecule has 0 aromatic heterocycles. The van der Waals surface area contributed by atoms with Crippen LogP contribution in [0.1, 0.15) is 46.6 Å². The maximum absolute atomic E-state index is 13.4. The van der Waals surface area contributed by atoms with Crippen molar-refractivity contribution in [2.24, 2.45) is 11.0 Å². The third-order valence-corrected chi connectivity index (χ3v) is 5.44. The molecule has 2 heterocycles. The van der Waals surface area contributed by atoms with Crippen LogP contribution in [0.25, 0.3) is 0 Å². The van der Waals surface area contributed by atoms with Gasteiger partial charge in [-0.2, -0.15) is 5.10 Å². The summed E-state index contributed by atoms with van der Waals surface area (Å²) in [6, 6.07) is 6.19. The molecule has 0 spiro atoms. The van der Waals surface area contributed by atoms with Gasteiger partial charge in [0.15, 0.2) is 5.71 Å². The van der Waals surface area contributed by atoms with Crippen LogP contribution in [0.3, 0.4) is 0 Å². The van der Waals surface area contributed by atoms with E-state index < -0.39 is 35.3 Å². The number of benzene rings is 1. The minimum absolute atomic E-state index is 0.0832. The molecule has 0 radical (unpaired) electrons. The minimum Gasteiger partial charge on any atom is -0.461 e. The molecule has 2 aliphatic heterocycles. The molecule has 8 nitrogen and oxygen atoms in total. The molecule has 30 heavy (non-hydrogen) atoms. The Hall–Kier alpha value is -3.03. The summed E-state index contributed by atoms with van der Waals surface area (Å²) in [7, 11) is 0. The smallest absolute Gasteiger partial charge is 0.355 e. The number of ketones is 1. The standard InChI is InChI=1S/C22H27N3O5/c1-6-14-8-10-15(11-9-14)24-19(27)16-17(21(29)30-7-2)23-25(18(16)20(24)28)22(4,5)12-13(3)26/h8-11,16,18H,6-7,12H2,1-5H3. The van der Waals surface area contributed by atoms with Crippen LogP contribution in [0, 0.1) is 5.92 Å². The van der Waals surface area contributed by atoms with E-state index in [1.807, 2.05) is 19.1 Å². The van der Waals surface area contributed by atoms with E-state index in [0.29, 0.717) is 5.69 Å². The van der Waals surface area contributed by atoms with Crippen molar-refractivity contribution >= 4 is 35.0 Å². The summed E-state index contributed by atoms with van der Waals surface area (Å²) in [6.45, 7) is 8.78. The molecule has 1 aromatic rings. The van der Waals surface area contributed by atoms with Crippen molar-refractivity contribution in [1.82, 2.24) is 5.01 Å². The van der Waals surface area contributed by atoms with Gasteiger partial charge in [0.25, 0.3) is 5.91 Å². The first kappa shape index (κ1) is 21.7. The second-order valence-corrected chi connectivity index (χ2v) is 8.20. The number of rotatable bonds is 7. The third-order valence-electron chi connectivity index (χ3n) is 5.44. The van der Waals surface area contributed by atoms with Crippen LogP contribution in [-0.4, -0.2) is 52.5 Å². The largest absolute Gasteiger partial charge is 0.461 e. The van der Waals surface area contributed by atoms with Gasteiger partial charge in [-0.15, -0.1) is 0 Å². The van der Waals surface area contributed by atoms with Crippen molar-refractivity contribution < 1.29 is 23.9 Å². The monoisotopic (exact) mass is 413 g/mol. The van der Waals surface area contributed by atoms with Gasteiger partial charge in [-0.3, -0.25) is 19.4 Å². The van der Waals surface area contributed by atoms with Gasteiger partial charge < -0.3 is 4.74 Å². The number of aryl methyl sites for hydroxylation is 1. The van der Waals surface area contributed by atoms with E-state index in [-0.39, 0.29) is 24.5 Å². The second-order valence-electron chi connectivity index (χ2n) is 8.20. The zero-order valence-electron chi connectivity index (χ0n) is 18.0. The zero-order chi connectivity index (χ0) is 22.2. The van der Waals surface area contributed by atoms with Gasteiger partial charge in [0, 0.05) is 6.42 Å². The Kier molecular flexibility index (Phi) is 5.78. The number of nitrogens with zero attached hydrogens (tertiary/aromatic N) is 3. The predicted octanol–water partition coefficient (Wildman–Crippen LogP) is 2.10. The van der Waals surface area contributed by atoms with Crippen LogP contribution in [0.5, 0.6) is 0 Å². The Morgan fingerprint density at radius 1 is 1.10 bits per heavy atom. The summed E-state index contributed by atoms with van der Waals surface area (Å²) in [5.41, 5.74) is 0.575. The summed E-state index contributed by atoms with van der Waals surface area (Å²) < 4.78 is 5.09. The minimum atomic E-state index is -1.06. The highest BCUT2D eigenvalue weighted by atomic mass is 16.5. The molecule has 0 saturated carbocycles. The zero-order valence-corrected chi connectivity index (χ0v) is 18.0. The average Bonchev–Trinajstić information content (AvgIpc) is 3.19. The number of amides is 2. The number of carbonyl (C=O) groups is 4. The van der Waals surface area contributed by atoms with E-state index in [4.69, 9.17) is 4.74 Å². The van der Waals surface area contributed by atoms with Gasteiger partial charge in [0.05, 0.1) is 17.8 Å². The Bertz CT molecular complexity index is 919. The molecule has 0 N–H and O–H groups in total. The summed E-state index contributed by atoms with van der Waals surface area (Å²) >= 11 is 0. The Labute approximate surface area is 175 Å². The highest BCUT2D eigenvalue weighted by molar-refractivity contribution is 6.46. The molecule has 2 aliphatic rings. The first-order valence-corrected chi connectivity index (χ1v) is 10.1. The number of hydrogen-bond acceptors (Lipinski definition) is 7. The van der Waals surface area contributed by atoms with Crippen molar-refractivity contribution in [2.75, 3.05) is 11.5 Å². The Morgan fingerprint density at radius 2 is 1.73 bits per heavy atom. The van der Waals surface area contributed by atoms with Crippen LogP contribution in [0.15, 0.2) is 29.4 Å². The lowest BCUT2D eigenvalue weighted by molar-refractivity contribution is -0.136. The number of hydrazone groups is 1. The number of anilines is 1. The third kappa shape index (κ3) is 3.62. The van der Waals surface area contributed by atoms with E-state index in [9.17, 15) is 19.2 Å². The fourth-order valence-corrected chi connectivity index (χ4v) is 4.12. The number of imide groups is 1. The first-order chi connectivity index (χ1) is 14.1. The average molecular weight is 413 g/mol. The van der Waals surface area contributed by atoms with Crippen molar-refractivity contribution in [3.8, 4) is 0 Å². The molecular formula is C22H27N3O5. The molecule has 2 atom stereocenters. The lowest BCUT2D eigenvalue weighted by Crippen LogP contribution is -2.50. The van der Waals surface area contributed by atoms with E-state index in [1.165, 1.54) is 11.9 Å². The van der Waals surface area contributed by atoms with Crippen LogP contribution in [0.2, 0.25) is 0 Å². The maximum Gasteiger partial charge on any atom is 0.355 e. The van der Waals surface area contributed by atoms with Crippen molar-refractivity contribution in [3.63, 3.8) is 0 Å². The van der Waals surface area contributed by atoms with E-state index >= 15 is 0 Å². The SMILES string of the molecule is CCOC(=O)C1=NN(C(C)(C)CC(C)=O)C2C(=O)N(c3ccc(CC)cc3)C(=O)C12. The summed E-state index contributed by atoms with van der Waals surface area (Å²) in [4.78, 5) is 52.1. The van der Waals surface area contributed by atoms with Gasteiger partial charge in [-0.25, -0.2) is 9.69 Å². The maximum atomic E-state index is 13.4. The molecule has 0 bridgehead atoms. The quantitative estimate of drug-likeness (QED) is 0.502. The first-order valence-electron chi connectivity index (χ1n) is 10.1. The summed E-state index contributed by atoms with van der Waals surface area (Å²) in [5, 5.41) is 5.76. The van der Waals surface area contributed by atoms with Gasteiger partial charge in [-0.05, 0) is 51.8 Å². The topological polar surface area (TPSA) is 96.3 Å². The van der Waals surface area contributed by atoms with E-state index in [0.717, 1.165) is 16.9 Å². The Balaban J connectivity index is 2.04. The molecule has 160 valence electrons. The van der Waals surface area contributed by atoms with Crippen LogP contribution < -0.4 is 4.90 Å². The number of ether oxygens (including phenoxy) is 1. The highest BCUT2D eigenvalue weighted by Gasteiger charge is 2.61. The summed E-state index contributed by atoms with van der Waals surface area (Å²) in [5.74, 6) is -2.84. The molecule has 3 rings (SSSR count). The molecule has 1 saturated heterocycles. The van der Waals surface area contributed by atoms with Crippen LogP contribution in [0.4, 0.5) is 5.69 Å². The van der Waals surface area contributed by atoms with Crippen LogP contribution >= 0.6 is 0 Å². The van der Waals surface area contributed by atoms with E-state index in [2.05, 4.69) is 5.10 Å². The number of hydrogen-bond donors (Lipinski definition) is 0. The van der Waals surface area contributed by atoms with Gasteiger partial charge in [0.1, 0.15) is 17.7 Å². The molecule has 1 fully saturated rings. The number of fused-ring (bicyclic) bond motifs is 1. The van der Waals surface area contributed by atoms with Crippen LogP contribution in [-0.2, 0) is 30.3 Å². The lowest BCUT2D eigenvalue weighted by Gasteiger charge is -2.36. The van der Waals surface area contributed by atoms with Crippen molar-refractivity contribution in [3.05, 3.63) is 29.8 Å². The normalized spacial score (nSPS) is 21.0. The van der Waals surface area contributed by atoms with Crippen molar-refractivity contribution in [1.29, 1.82) is 0 Å². The lowest BCUT2D eigenvalue weighted by atomic mass is 9.92. The van der Waals surface area contributed by atoms with Gasteiger partial charge in [-0.1, -0.05) is 19.1 Å². The molecular weight excluding hydrogens is 386 g/mol.